The summed E-state index contributed by atoms with van der Waals surface area (Å²) in [5.41, 5.74) is 3.62. The van der Waals surface area contributed by atoms with Crippen LogP contribution in [0.1, 0.15) is 16.8 Å². The number of nitrogens with one attached hydrogen (secondary N) is 1. The number of carbonyl (C=O) groups excluding carboxylic acids is 1. The van der Waals surface area contributed by atoms with Crippen LogP contribution in [0.25, 0.3) is 0 Å². The Morgan fingerprint density at radius 3 is 2.66 bits per heavy atom. The molecule has 8 heteroatoms. The topological polar surface area (TPSA) is 86.2 Å². The molecule has 0 aliphatic rings. The van der Waals surface area contributed by atoms with Crippen molar-refractivity contribution in [3.05, 3.63) is 65.7 Å². The van der Waals surface area contributed by atoms with Gasteiger partial charge in [0.2, 0.25) is 0 Å². The fourth-order valence-corrected chi connectivity index (χ4v) is 3.21. The minimum absolute atomic E-state index is 0.137. The van der Waals surface area contributed by atoms with Gasteiger partial charge in [0, 0.05) is 29.9 Å². The van der Waals surface area contributed by atoms with Crippen molar-refractivity contribution in [2.24, 2.45) is 0 Å². The first kappa shape index (κ1) is 20.6. The zero-order valence-corrected chi connectivity index (χ0v) is 17.3. The lowest BCUT2D eigenvalue weighted by molar-refractivity contribution is -0.118. The van der Waals surface area contributed by atoms with E-state index >= 15 is 0 Å². The van der Waals surface area contributed by atoms with Crippen LogP contribution in [0.4, 0.5) is 5.69 Å². The second kappa shape index (κ2) is 9.88. The number of pyridine rings is 1. The number of carbonyl (C=O) groups is 1. The van der Waals surface area contributed by atoms with Gasteiger partial charge in [0.05, 0.1) is 19.0 Å². The molecule has 1 N–H and O–H groups in total. The van der Waals surface area contributed by atoms with E-state index in [-0.39, 0.29) is 12.5 Å². The lowest BCUT2D eigenvalue weighted by Crippen LogP contribution is -2.21. The molecule has 2 heterocycles. The Morgan fingerprint density at radius 2 is 1.90 bits per heavy atom. The molecule has 150 valence electrons. The van der Waals surface area contributed by atoms with Crippen LogP contribution in [0.5, 0.6) is 11.5 Å². The molecule has 3 aromatic rings. The van der Waals surface area contributed by atoms with Gasteiger partial charge in [-0.25, -0.2) is 9.97 Å². The first-order valence-electron chi connectivity index (χ1n) is 8.98. The Morgan fingerprint density at radius 1 is 1.10 bits per heavy atom. The molecule has 0 saturated carbocycles. The van der Waals surface area contributed by atoms with Gasteiger partial charge in [-0.05, 0) is 37.1 Å². The highest BCUT2D eigenvalue weighted by Gasteiger charge is 2.11. The number of hydrogen-bond acceptors (Lipinski definition) is 7. The number of aromatic nitrogens is 3. The summed E-state index contributed by atoms with van der Waals surface area (Å²) in [4.78, 5) is 25.0. The van der Waals surface area contributed by atoms with Crippen molar-refractivity contribution in [3.63, 3.8) is 0 Å². The van der Waals surface area contributed by atoms with Crippen molar-refractivity contribution in [2.45, 2.75) is 24.8 Å². The molecule has 1 aromatic carbocycles. The molecular formula is C21H22N4O3S. The number of thioether (sulfide) groups is 1. The van der Waals surface area contributed by atoms with Crippen LogP contribution in [0.3, 0.4) is 0 Å². The fraction of sp³-hybridized carbons (Fsp3) is 0.238. The summed E-state index contributed by atoms with van der Waals surface area (Å²) in [7, 11) is 1.53. The minimum Gasteiger partial charge on any atom is -0.491 e. The third-order valence-electron chi connectivity index (χ3n) is 4.03. The number of ether oxygens (including phenoxy) is 2. The third kappa shape index (κ3) is 5.92. The Labute approximate surface area is 173 Å². The SMILES string of the molecule is COc1cnc(CSc2ncccn2)cc1OCC(=O)Nc1cc(C)ccc1C. The molecule has 0 saturated heterocycles. The van der Waals surface area contributed by atoms with Crippen molar-refractivity contribution in [3.8, 4) is 11.5 Å². The van der Waals surface area contributed by atoms with Crippen LogP contribution in [0.2, 0.25) is 0 Å². The summed E-state index contributed by atoms with van der Waals surface area (Å²) in [6, 6.07) is 9.44. The molecule has 0 unspecified atom stereocenters. The smallest absolute Gasteiger partial charge is 0.262 e. The maximum Gasteiger partial charge on any atom is 0.262 e. The molecule has 29 heavy (non-hydrogen) atoms. The van der Waals surface area contributed by atoms with Gasteiger partial charge in [0.25, 0.3) is 5.91 Å². The van der Waals surface area contributed by atoms with E-state index in [0.717, 1.165) is 22.5 Å². The van der Waals surface area contributed by atoms with E-state index in [9.17, 15) is 4.79 Å². The molecule has 2 aromatic heterocycles. The van der Waals surface area contributed by atoms with Gasteiger partial charge in [0.1, 0.15) is 0 Å². The molecule has 7 nitrogen and oxygen atoms in total. The van der Waals surface area contributed by atoms with Crippen molar-refractivity contribution in [1.29, 1.82) is 0 Å². The molecule has 0 bridgehead atoms. The van der Waals surface area contributed by atoms with E-state index in [1.807, 2.05) is 32.0 Å². The summed E-state index contributed by atoms with van der Waals surface area (Å²) in [5.74, 6) is 1.25. The van der Waals surface area contributed by atoms with E-state index in [0.29, 0.717) is 22.4 Å². The Balaban J connectivity index is 1.62. The first-order valence-corrected chi connectivity index (χ1v) is 9.96. The number of methoxy groups -OCH3 is 1. The van der Waals surface area contributed by atoms with Gasteiger partial charge in [-0.15, -0.1) is 0 Å². The van der Waals surface area contributed by atoms with Crippen LogP contribution in [0, 0.1) is 13.8 Å². The molecule has 0 fully saturated rings. The van der Waals surface area contributed by atoms with Crippen molar-refractivity contribution >= 4 is 23.4 Å². The quantitative estimate of drug-likeness (QED) is 0.446. The predicted molar refractivity (Wildman–Crippen MR) is 112 cm³/mol. The maximum atomic E-state index is 12.3. The monoisotopic (exact) mass is 410 g/mol. The van der Waals surface area contributed by atoms with E-state index in [2.05, 4.69) is 20.3 Å². The van der Waals surface area contributed by atoms with Crippen LogP contribution in [0.15, 0.2) is 54.1 Å². The van der Waals surface area contributed by atoms with Gasteiger partial charge >= 0.3 is 0 Å². The van der Waals surface area contributed by atoms with Crippen LogP contribution in [-0.4, -0.2) is 34.6 Å². The molecule has 0 radical (unpaired) electrons. The van der Waals surface area contributed by atoms with E-state index in [1.54, 1.807) is 30.7 Å². The predicted octanol–water partition coefficient (Wildman–Crippen LogP) is 3.81. The summed E-state index contributed by atoms with van der Waals surface area (Å²) in [5, 5.41) is 3.55. The van der Waals surface area contributed by atoms with Crippen molar-refractivity contribution < 1.29 is 14.3 Å². The number of rotatable bonds is 8. The average Bonchev–Trinajstić information content (AvgIpc) is 2.74. The first-order chi connectivity index (χ1) is 14.0. The molecule has 1 amide bonds. The molecule has 0 atom stereocenters. The van der Waals surface area contributed by atoms with Crippen molar-refractivity contribution in [2.75, 3.05) is 19.0 Å². The standard InChI is InChI=1S/C21H22N4O3S/c1-14-5-6-15(2)17(9-14)25-20(26)12-28-18-10-16(24-11-19(18)27-3)13-29-21-22-7-4-8-23-21/h4-11H,12-13H2,1-3H3,(H,25,26). The van der Waals surface area contributed by atoms with Gasteiger partial charge in [-0.2, -0.15) is 0 Å². The zero-order chi connectivity index (χ0) is 20.6. The molecule has 0 aliphatic heterocycles. The molecular weight excluding hydrogens is 388 g/mol. The second-order valence-electron chi connectivity index (χ2n) is 6.30. The van der Waals surface area contributed by atoms with Gasteiger partial charge in [0.15, 0.2) is 23.3 Å². The van der Waals surface area contributed by atoms with E-state index in [1.165, 1.54) is 18.9 Å². The van der Waals surface area contributed by atoms with E-state index < -0.39 is 0 Å². The normalized spacial score (nSPS) is 10.4. The number of hydrogen-bond donors (Lipinski definition) is 1. The lowest BCUT2D eigenvalue weighted by atomic mass is 10.1. The lowest BCUT2D eigenvalue weighted by Gasteiger charge is -2.13. The zero-order valence-electron chi connectivity index (χ0n) is 16.5. The second-order valence-corrected chi connectivity index (χ2v) is 7.24. The van der Waals surface area contributed by atoms with Gasteiger partial charge in [-0.1, -0.05) is 23.9 Å². The number of nitrogens with zero attached hydrogens (tertiary/aromatic N) is 3. The summed E-state index contributed by atoms with van der Waals surface area (Å²) in [6.45, 7) is 3.79. The largest absolute Gasteiger partial charge is 0.491 e. The maximum absolute atomic E-state index is 12.3. The fourth-order valence-electron chi connectivity index (χ4n) is 2.51. The van der Waals surface area contributed by atoms with Gasteiger partial charge < -0.3 is 14.8 Å². The van der Waals surface area contributed by atoms with Crippen molar-refractivity contribution in [1.82, 2.24) is 15.0 Å². The molecule has 3 rings (SSSR count). The Kier molecular flexibility index (Phi) is 7.02. The average molecular weight is 410 g/mol. The number of amides is 1. The summed E-state index contributed by atoms with van der Waals surface area (Å²) in [6.07, 6.45) is 4.97. The Hall–Kier alpha value is -3.13. The van der Waals surface area contributed by atoms with Gasteiger partial charge in [-0.3, -0.25) is 9.78 Å². The van der Waals surface area contributed by atoms with Crippen LogP contribution < -0.4 is 14.8 Å². The number of benzene rings is 1. The summed E-state index contributed by atoms with van der Waals surface area (Å²) >= 11 is 1.46. The molecule has 0 spiro atoms. The molecule has 0 aliphatic carbocycles. The number of anilines is 1. The third-order valence-corrected chi connectivity index (χ3v) is 4.93. The number of aryl methyl sites for hydroxylation is 2. The summed E-state index contributed by atoms with van der Waals surface area (Å²) < 4.78 is 11.0. The Bertz CT molecular complexity index is 983. The van der Waals surface area contributed by atoms with Crippen LogP contribution in [-0.2, 0) is 10.5 Å². The minimum atomic E-state index is -0.244. The highest BCUT2D eigenvalue weighted by Crippen LogP contribution is 2.28. The highest BCUT2D eigenvalue weighted by atomic mass is 32.2. The van der Waals surface area contributed by atoms with E-state index in [4.69, 9.17) is 9.47 Å². The highest BCUT2D eigenvalue weighted by molar-refractivity contribution is 7.98. The van der Waals surface area contributed by atoms with Crippen LogP contribution >= 0.6 is 11.8 Å².